The maximum Gasteiger partial charge on any atom is 0.142 e. The molecule has 0 radical (unpaired) electrons. The van der Waals surface area contributed by atoms with Crippen molar-refractivity contribution in [3.05, 3.63) is 33.6 Å². The fourth-order valence-corrected chi connectivity index (χ4v) is 3.97. The van der Waals surface area contributed by atoms with Gasteiger partial charge in [-0.15, -0.1) is 0 Å². The van der Waals surface area contributed by atoms with E-state index in [9.17, 15) is 9.50 Å². The van der Waals surface area contributed by atoms with Crippen molar-refractivity contribution in [1.29, 1.82) is 0 Å². The van der Waals surface area contributed by atoms with E-state index in [1.165, 1.54) is 12.1 Å². The van der Waals surface area contributed by atoms with Crippen LogP contribution in [-0.4, -0.2) is 11.7 Å². The number of rotatable bonds is 3. The van der Waals surface area contributed by atoms with Crippen LogP contribution in [0.3, 0.4) is 0 Å². The largest absolute Gasteiger partial charge is 0.385 e. The lowest BCUT2D eigenvalue weighted by molar-refractivity contribution is -0.0712. The van der Waals surface area contributed by atoms with Gasteiger partial charge in [0.1, 0.15) is 5.82 Å². The van der Waals surface area contributed by atoms with Crippen molar-refractivity contribution >= 4 is 23.2 Å². The van der Waals surface area contributed by atoms with Crippen molar-refractivity contribution in [2.24, 2.45) is 17.1 Å². The van der Waals surface area contributed by atoms with Crippen molar-refractivity contribution in [2.75, 3.05) is 6.54 Å². The number of halogens is 3. The van der Waals surface area contributed by atoms with Gasteiger partial charge in [0.15, 0.2) is 0 Å². The van der Waals surface area contributed by atoms with E-state index in [2.05, 4.69) is 6.92 Å². The van der Waals surface area contributed by atoms with E-state index in [0.717, 1.165) is 19.3 Å². The van der Waals surface area contributed by atoms with Crippen LogP contribution >= 0.6 is 23.2 Å². The van der Waals surface area contributed by atoms with E-state index in [4.69, 9.17) is 28.9 Å². The van der Waals surface area contributed by atoms with Gasteiger partial charge in [-0.05, 0) is 44.2 Å². The van der Waals surface area contributed by atoms with Crippen LogP contribution in [-0.2, 0) is 5.60 Å². The molecule has 1 aliphatic rings. The van der Waals surface area contributed by atoms with Crippen molar-refractivity contribution in [2.45, 2.75) is 38.7 Å². The third kappa shape index (κ3) is 2.45. The van der Waals surface area contributed by atoms with Gasteiger partial charge in [0, 0.05) is 22.5 Å². The zero-order valence-corrected chi connectivity index (χ0v) is 13.2. The van der Waals surface area contributed by atoms with Gasteiger partial charge in [-0.3, -0.25) is 0 Å². The molecule has 2 rings (SSSR count). The van der Waals surface area contributed by atoms with Crippen LogP contribution in [0.15, 0.2) is 12.1 Å². The summed E-state index contributed by atoms with van der Waals surface area (Å²) < 4.78 is 13.7. The maximum atomic E-state index is 13.7. The number of hydrogen-bond donors (Lipinski definition) is 2. The van der Waals surface area contributed by atoms with Gasteiger partial charge in [0.25, 0.3) is 0 Å². The van der Waals surface area contributed by atoms with E-state index < -0.39 is 16.8 Å². The van der Waals surface area contributed by atoms with Gasteiger partial charge in [-0.2, -0.15) is 0 Å². The minimum absolute atomic E-state index is 0.0452. The predicted molar refractivity (Wildman–Crippen MR) is 80.5 cm³/mol. The van der Waals surface area contributed by atoms with E-state index in [0.29, 0.717) is 18.0 Å². The van der Waals surface area contributed by atoms with Crippen LogP contribution in [0.25, 0.3) is 0 Å². The molecule has 3 N–H and O–H groups in total. The molecule has 0 bridgehead atoms. The lowest BCUT2D eigenvalue weighted by Gasteiger charge is -2.43. The SMILES string of the molecule is CC1CCC(CN)(C(C)(O)c2cc(F)c(Cl)cc2Cl)C1. The molecular formula is C15H20Cl2FNO. The molecule has 1 saturated carbocycles. The van der Waals surface area contributed by atoms with Crippen molar-refractivity contribution in [3.63, 3.8) is 0 Å². The Kier molecular flexibility index (Phi) is 4.37. The van der Waals surface area contributed by atoms with Crippen LogP contribution in [0.4, 0.5) is 4.39 Å². The fourth-order valence-electron chi connectivity index (χ4n) is 3.40. The highest BCUT2D eigenvalue weighted by Crippen LogP contribution is 2.53. The molecule has 112 valence electrons. The van der Waals surface area contributed by atoms with Gasteiger partial charge < -0.3 is 10.8 Å². The Balaban J connectivity index is 2.51. The van der Waals surface area contributed by atoms with Crippen LogP contribution < -0.4 is 5.73 Å². The van der Waals surface area contributed by atoms with Crippen LogP contribution in [0.1, 0.15) is 38.7 Å². The van der Waals surface area contributed by atoms with Gasteiger partial charge >= 0.3 is 0 Å². The quantitative estimate of drug-likeness (QED) is 0.824. The Hall–Kier alpha value is -0.350. The highest BCUT2D eigenvalue weighted by molar-refractivity contribution is 6.35. The highest BCUT2D eigenvalue weighted by atomic mass is 35.5. The molecule has 1 aromatic rings. The number of aliphatic hydroxyl groups is 1. The van der Waals surface area contributed by atoms with E-state index in [-0.39, 0.29) is 10.0 Å². The summed E-state index contributed by atoms with van der Waals surface area (Å²) in [5, 5.41) is 11.3. The highest BCUT2D eigenvalue weighted by Gasteiger charge is 2.51. The molecule has 0 amide bonds. The molecule has 0 spiro atoms. The molecule has 5 heteroatoms. The van der Waals surface area contributed by atoms with Gasteiger partial charge in [-0.25, -0.2) is 4.39 Å². The normalized spacial score (nSPS) is 29.4. The number of hydrogen-bond acceptors (Lipinski definition) is 2. The first-order valence-corrected chi connectivity index (χ1v) is 7.56. The minimum Gasteiger partial charge on any atom is -0.385 e. The van der Waals surface area contributed by atoms with Crippen molar-refractivity contribution < 1.29 is 9.50 Å². The van der Waals surface area contributed by atoms with Crippen LogP contribution in [0, 0.1) is 17.2 Å². The molecule has 20 heavy (non-hydrogen) atoms. The van der Waals surface area contributed by atoms with Gasteiger partial charge in [-0.1, -0.05) is 30.1 Å². The Bertz CT molecular complexity index is 521. The van der Waals surface area contributed by atoms with E-state index >= 15 is 0 Å². The Labute approximate surface area is 129 Å². The molecule has 2 nitrogen and oxygen atoms in total. The molecule has 3 unspecified atom stereocenters. The molecule has 1 fully saturated rings. The summed E-state index contributed by atoms with van der Waals surface area (Å²) in [6, 6.07) is 2.57. The second-order valence-corrected chi connectivity index (χ2v) is 6.97. The summed E-state index contributed by atoms with van der Waals surface area (Å²) in [5.41, 5.74) is 4.55. The zero-order valence-electron chi connectivity index (χ0n) is 11.7. The first kappa shape index (κ1) is 16.0. The molecule has 0 heterocycles. The predicted octanol–water partition coefficient (Wildman–Crippen LogP) is 4.11. The fraction of sp³-hybridized carbons (Fsp3) is 0.600. The topological polar surface area (TPSA) is 46.2 Å². The molecular weight excluding hydrogens is 300 g/mol. The monoisotopic (exact) mass is 319 g/mol. The number of nitrogens with two attached hydrogens (primary N) is 1. The third-order valence-electron chi connectivity index (χ3n) is 4.81. The van der Waals surface area contributed by atoms with Crippen LogP contribution in [0.5, 0.6) is 0 Å². The van der Waals surface area contributed by atoms with Crippen LogP contribution in [0.2, 0.25) is 10.0 Å². The molecule has 0 aliphatic heterocycles. The lowest BCUT2D eigenvalue weighted by Crippen LogP contribution is -2.47. The average Bonchev–Trinajstić information content (AvgIpc) is 2.77. The Morgan fingerprint density at radius 1 is 1.45 bits per heavy atom. The second kappa shape index (κ2) is 5.45. The average molecular weight is 320 g/mol. The van der Waals surface area contributed by atoms with Crippen molar-refractivity contribution in [3.8, 4) is 0 Å². The first-order valence-electron chi connectivity index (χ1n) is 6.81. The third-order valence-corrected chi connectivity index (χ3v) is 5.42. The molecule has 1 aromatic carbocycles. The van der Waals surface area contributed by atoms with Gasteiger partial charge in [0.05, 0.1) is 10.6 Å². The molecule has 1 aliphatic carbocycles. The summed E-state index contributed by atoms with van der Waals surface area (Å²) in [7, 11) is 0. The smallest absolute Gasteiger partial charge is 0.142 e. The molecule has 3 atom stereocenters. The summed E-state index contributed by atoms with van der Waals surface area (Å²) in [4.78, 5) is 0. The summed E-state index contributed by atoms with van der Waals surface area (Å²) in [6.07, 6.45) is 2.61. The Morgan fingerprint density at radius 2 is 2.10 bits per heavy atom. The Morgan fingerprint density at radius 3 is 2.60 bits per heavy atom. The summed E-state index contributed by atoms with van der Waals surface area (Å²) in [5.74, 6) is -0.0921. The van der Waals surface area contributed by atoms with E-state index in [1.807, 2.05) is 0 Å². The van der Waals surface area contributed by atoms with Gasteiger partial charge in [0.2, 0.25) is 0 Å². The molecule has 0 aromatic heterocycles. The summed E-state index contributed by atoms with van der Waals surface area (Å²) in [6.45, 7) is 4.15. The standard InChI is InChI=1S/C15H20Cl2FNO/c1-9-3-4-15(7-9,8-19)14(2,20)10-5-13(18)12(17)6-11(10)16/h5-6,9,20H,3-4,7-8,19H2,1-2H3. The summed E-state index contributed by atoms with van der Waals surface area (Å²) >= 11 is 11.9. The first-order chi connectivity index (χ1) is 9.23. The lowest BCUT2D eigenvalue weighted by atomic mass is 9.67. The van der Waals surface area contributed by atoms with Crippen molar-refractivity contribution in [1.82, 2.24) is 0 Å². The molecule has 0 saturated heterocycles. The second-order valence-electron chi connectivity index (χ2n) is 6.15. The zero-order chi connectivity index (χ0) is 15.1. The number of benzene rings is 1. The maximum absolute atomic E-state index is 13.7. The van der Waals surface area contributed by atoms with E-state index in [1.54, 1.807) is 6.92 Å². The minimum atomic E-state index is -1.28.